The SMILES string of the molecule is COC(=O)C[C@H]1O[C@@H](S[C@@H]2COC[C@H](N=[N+]=[N-])[C@H]2O)[C@H](OC)[C@@H](n2cc(-c3cccc(F)c3)nn2)[C@H]1OC(C)=O. The molecule has 0 spiro atoms. The van der Waals surface area contributed by atoms with E-state index >= 15 is 0 Å². The van der Waals surface area contributed by atoms with E-state index < -0.39 is 64.9 Å². The number of rotatable bonds is 9. The number of ether oxygens (including phenoxy) is 5. The highest BCUT2D eigenvalue weighted by Crippen LogP contribution is 2.42. The van der Waals surface area contributed by atoms with Crippen molar-refractivity contribution in [2.75, 3.05) is 27.4 Å². The first-order chi connectivity index (χ1) is 19.2. The van der Waals surface area contributed by atoms with Crippen LogP contribution in [0.5, 0.6) is 0 Å². The second-order valence-electron chi connectivity index (χ2n) is 9.16. The van der Waals surface area contributed by atoms with E-state index in [1.165, 1.54) is 55.8 Å². The summed E-state index contributed by atoms with van der Waals surface area (Å²) in [5, 5.41) is 22.3. The molecule has 2 saturated heterocycles. The van der Waals surface area contributed by atoms with Crippen molar-refractivity contribution in [2.45, 2.75) is 60.5 Å². The first-order valence-electron chi connectivity index (χ1n) is 12.3. The number of benzene rings is 1. The van der Waals surface area contributed by atoms with E-state index in [0.29, 0.717) is 11.3 Å². The fourth-order valence-corrected chi connectivity index (χ4v) is 6.21. The predicted molar refractivity (Wildman–Crippen MR) is 137 cm³/mol. The van der Waals surface area contributed by atoms with Gasteiger partial charge >= 0.3 is 11.9 Å². The molecule has 0 saturated carbocycles. The van der Waals surface area contributed by atoms with E-state index in [9.17, 15) is 19.1 Å². The third-order valence-electron chi connectivity index (χ3n) is 6.58. The maximum Gasteiger partial charge on any atom is 0.308 e. The summed E-state index contributed by atoms with van der Waals surface area (Å²) in [6, 6.07) is 4.15. The summed E-state index contributed by atoms with van der Waals surface area (Å²) in [7, 11) is 2.66. The van der Waals surface area contributed by atoms with Crippen molar-refractivity contribution in [1.29, 1.82) is 0 Å². The maximum atomic E-state index is 13.9. The molecular formula is C24H29FN6O8S. The van der Waals surface area contributed by atoms with Gasteiger partial charge in [-0.2, -0.15) is 0 Å². The Morgan fingerprint density at radius 2 is 2.12 bits per heavy atom. The summed E-state index contributed by atoms with van der Waals surface area (Å²) in [5.41, 5.74) is 8.83. The van der Waals surface area contributed by atoms with E-state index in [4.69, 9.17) is 29.2 Å². The van der Waals surface area contributed by atoms with Crippen LogP contribution in [0.2, 0.25) is 0 Å². The Kier molecular flexibility index (Phi) is 9.95. The van der Waals surface area contributed by atoms with Crippen molar-refractivity contribution in [2.24, 2.45) is 5.11 Å². The van der Waals surface area contributed by atoms with Gasteiger partial charge in [0, 0.05) is 24.5 Å². The Hall–Kier alpha value is -3.27. The molecule has 3 heterocycles. The van der Waals surface area contributed by atoms with Gasteiger partial charge in [0.25, 0.3) is 0 Å². The first kappa shape index (κ1) is 29.7. The monoisotopic (exact) mass is 580 g/mol. The molecule has 2 aromatic rings. The topological polar surface area (TPSA) is 180 Å². The second-order valence-corrected chi connectivity index (χ2v) is 10.5. The highest BCUT2D eigenvalue weighted by molar-refractivity contribution is 8.00. The highest BCUT2D eigenvalue weighted by Gasteiger charge is 2.52. The van der Waals surface area contributed by atoms with Crippen molar-refractivity contribution < 1.29 is 42.8 Å². The van der Waals surface area contributed by atoms with Crippen molar-refractivity contribution in [3.63, 3.8) is 0 Å². The molecule has 2 aliphatic rings. The Morgan fingerprint density at radius 1 is 1.32 bits per heavy atom. The lowest BCUT2D eigenvalue weighted by atomic mass is 9.94. The molecule has 0 bridgehead atoms. The summed E-state index contributed by atoms with van der Waals surface area (Å²) in [6.07, 6.45) is -2.68. The van der Waals surface area contributed by atoms with Gasteiger partial charge in [-0.25, -0.2) is 9.07 Å². The van der Waals surface area contributed by atoms with Crippen LogP contribution in [0.1, 0.15) is 19.4 Å². The average Bonchev–Trinajstić information content (AvgIpc) is 3.41. The largest absolute Gasteiger partial charge is 0.469 e. The summed E-state index contributed by atoms with van der Waals surface area (Å²) < 4.78 is 43.4. The van der Waals surface area contributed by atoms with Crippen LogP contribution in [-0.4, -0.2) is 101 Å². The number of thioether (sulfide) groups is 1. The van der Waals surface area contributed by atoms with E-state index in [1.54, 1.807) is 12.3 Å². The number of carbonyl (C=O) groups is 2. The molecule has 2 fully saturated rings. The van der Waals surface area contributed by atoms with Crippen LogP contribution in [0.4, 0.5) is 4.39 Å². The molecule has 0 amide bonds. The summed E-state index contributed by atoms with van der Waals surface area (Å²) in [5.74, 6) is -1.69. The first-order valence-corrected chi connectivity index (χ1v) is 13.3. The van der Waals surface area contributed by atoms with Crippen molar-refractivity contribution >= 4 is 23.7 Å². The van der Waals surface area contributed by atoms with Gasteiger partial charge in [0.05, 0.1) is 50.3 Å². The molecular weight excluding hydrogens is 551 g/mol. The third kappa shape index (κ3) is 6.71. The Labute approximate surface area is 232 Å². The molecule has 0 radical (unpaired) electrons. The molecule has 1 N–H and O–H groups in total. The zero-order chi connectivity index (χ0) is 28.8. The van der Waals surface area contributed by atoms with Crippen LogP contribution in [0.3, 0.4) is 0 Å². The number of hydrogen-bond donors (Lipinski definition) is 1. The molecule has 16 heteroatoms. The van der Waals surface area contributed by atoms with Gasteiger partial charge < -0.3 is 28.8 Å². The lowest BCUT2D eigenvalue weighted by molar-refractivity contribution is -0.203. The van der Waals surface area contributed by atoms with Gasteiger partial charge in [0.1, 0.15) is 35.2 Å². The zero-order valence-electron chi connectivity index (χ0n) is 21.9. The molecule has 0 unspecified atom stereocenters. The number of nitrogens with zero attached hydrogens (tertiary/aromatic N) is 6. The fourth-order valence-electron chi connectivity index (χ4n) is 4.72. The molecule has 8 atom stereocenters. The van der Waals surface area contributed by atoms with Crippen LogP contribution in [0, 0.1) is 5.82 Å². The third-order valence-corrected chi connectivity index (χ3v) is 7.99. The average molecular weight is 581 g/mol. The van der Waals surface area contributed by atoms with Crippen LogP contribution >= 0.6 is 11.8 Å². The summed E-state index contributed by atoms with van der Waals surface area (Å²) >= 11 is 1.17. The molecule has 1 aromatic carbocycles. The van der Waals surface area contributed by atoms with Crippen LogP contribution in [0.25, 0.3) is 21.7 Å². The van der Waals surface area contributed by atoms with Crippen LogP contribution in [0.15, 0.2) is 35.6 Å². The van der Waals surface area contributed by atoms with Gasteiger partial charge in [-0.3, -0.25) is 9.59 Å². The van der Waals surface area contributed by atoms with Gasteiger partial charge in [0.15, 0.2) is 6.10 Å². The van der Waals surface area contributed by atoms with Crippen LogP contribution < -0.4 is 0 Å². The minimum atomic E-state index is -1.07. The molecule has 4 rings (SSSR count). The number of aromatic nitrogens is 3. The van der Waals surface area contributed by atoms with E-state index in [2.05, 4.69) is 20.3 Å². The number of azide groups is 1. The lowest BCUT2D eigenvalue weighted by Gasteiger charge is -2.46. The molecule has 14 nitrogen and oxygen atoms in total. The van der Waals surface area contributed by atoms with Crippen LogP contribution in [-0.2, 0) is 33.3 Å². The quantitative estimate of drug-likeness (QED) is 0.198. The summed E-state index contributed by atoms with van der Waals surface area (Å²) in [6.45, 7) is 1.41. The number of halogens is 1. The summed E-state index contributed by atoms with van der Waals surface area (Å²) in [4.78, 5) is 27.3. The molecule has 2 aliphatic heterocycles. The molecule has 1 aromatic heterocycles. The number of esters is 2. The zero-order valence-corrected chi connectivity index (χ0v) is 22.7. The Balaban J connectivity index is 1.72. The number of aliphatic hydroxyl groups is 1. The van der Waals surface area contributed by atoms with Crippen molar-refractivity contribution in [1.82, 2.24) is 15.0 Å². The number of methoxy groups -OCH3 is 2. The molecule has 40 heavy (non-hydrogen) atoms. The number of aliphatic hydroxyl groups excluding tert-OH is 1. The van der Waals surface area contributed by atoms with Gasteiger partial charge in [0.2, 0.25) is 0 Å². The molecule has 0 aliphatic carbocycles. The minimum Gasteiger partial charge on any atom is -0.469 e. The Bertz CT molecular complexity index is 1250. The number of hydrogen-bond acceptors (Lipinski definition) is 12. The number of carbonyl (C=O) groups excluding carboxylic acids is 2. The van der Waals surface area contributed by atoms with Crippen molar-refractivity contribution in [3.8, 4) is 11.3 Å². The molecule has 216 valence electrons. The predicted octanol–water partition coefficient (Wildman–Crippen LogP) is 2.03. The lowest BCUT2D eigenvalue weighted by Crippen LogP contribution is -2.57. The Morgan fingerprint density at radius 3 is 2.80 bits per heavy atom. The van der Waals surface area contributed by atoms with Gasteiger partial charge in [-0.05, 0) is 17.7 Å². The minimum absolute atomic E-state index is 0.0610. The second kappa shape index (κ2) is 13.4. The van der Waals surface area contributed by atoms with E-state index in [1.807, 2.05) is 0 Å². The van der Waals surface area contributed by atoms with Gasteiger partial charge in [-0.15, -0.1) is 16.9 Å². The standard InChI is InChI=1S/C24H29FN6O8S/c1-12(32)38-22-17(8-19(33)35-2)39-24(40-18-11-37-10-16(21(18)34)27-29-26)23(36-3)20(22)31-9-15(28-30-31)13-5-4-6-14(25)7-13/h4-7,9,16-18,20-24,34H,8,10-11H2,1-3H3/t16-,17+,18+,20-,21+,22-,23+,24-/m0/s1. The maximum absolute atomic E-state index is 13.9. The van der Waals surface area contributed by atoms with E-state index in [-0.39, 0.29) is 19.6 Å². The van der Waals surface area contributed by atoms with E-state index in [0.717, 1.165) is 0 Å². The van der Waals surface area contributed by atoms with Crippen molar-refractivity contribution in [3.05, 3.63) is 46.7 Å². The van der Waals surface area contributed by atoms with Gasteiger partial charge in [-0.1, -0.05) is 22.5 Å². The highest BCUT2D eigenvalue weighted by atomic mass is 32.2. The normalized spacial score (nSPS) is 30.2. The fraction of sp³-hybridized carbons (Fsp3) is 0.583. The smallest absolute Gasteiger partial charge is 0.308 e.